The van der Waals surface area contributed by atoms with E-state index < -0.39 is 0 Å². The minimum atomic E-state index is 0.950. The third kappa shape index (κ3) is 22.0. The van der Waals surface area contributed by atoms with E-state index in [4.69, 9.17) is 0 Å². The molecule has 0 aliphatic rings. The van der Waals surface area contributed by atoms with E-state index in [-0.39, 0.29) is 0 Å². The molecule has 0 saturated carbocycles. The van der Waals surface area contributed by atoms with Gasteiger partial charge in [-0.2, -0.15) is 0 Å². The highest BCUT2D eigenvalue weighted by atomic mass is 14.0. The van der Waals surface area contributed by atoms with E-state index in [1.807, 2.05) is 0 Å². The summed E-state index contributed by atoms with van der Waals surface area (Å²) in [6, 6.07) is 0. The van der Waals surface area contributed by atoms with Crippen molar-refractivity contribution >= 4 is 0 Å². The summed E-state index contributed by atoms with van der Waals surface area (Å²) in [6.07, 6.45) is 30.9. The van der Waals surface area contributed by atoms with Crippen molar-refractivity contribution in [3.63, 3.8) is 0 Å². The average Bonchev–Trinajstić information content (AvgIpc) is 2.63. The predicted octanol–water partition coefficient (Wildman–Crippen LogP) is 9.85. The van der Waals surface area contributed by atoms with Crippen LogP contribution in [0.25, 0.3) is 0 Å². The SMILES string of the molecule is CCCCCCCCCCCCCCCCCCCCCC(C)CC. The Bertz CT molecular complexity index is 220. The summed E-state index contributed by atoms with van der Waals surface area (Å²) in [5, 5.41) is 0. The number of hydrogen-bond acceptors (Lipinski definition) is 0. The van der Waals surface area contributed by atoms with E-state index >= 15 is 0 Å². The highest BCUT2D eigenvalue weighted by molar-refractivity contribution is 4.53. The summed E-state index contributed by atoms with van der Waals surface area (Å²) in [6.45, 7) is 7.02. The molecule has 0 nitrogen and oxygen atoms in total. The van der Waals surface area contributed by atoms with Gasteiger partial charge in [0.15, 0.2) is 0 Å². The number of hydrogen-bond donors (Lipinski definition) is 0. The van der Waals surface area contributed by atoms with Gasteiger partial charge in [0.05, 0.1) is 0 Å². The predicted molar refractivity (Wildman–Crippen MR) is 117 cm³/mol. The Labute approximate surface area is 161 Å². The zero-order valence-electron chi connectivity index (χ0n) is 18.4. The van der Waals surface area contributed by atoms with Gasteiger partial charge in [-0.1, -0.05) is 156 Å². The van der Waals surface area contributed by atoms with Gasteiger partial charge in [-0.05, 0) is 5.92 Å². The maximum Gasteiger partial charge on any atom is -0.0445 e. The first-order valence-corrected chi connectivity index (χ1v) is 12.3. The van der Waals surface area contributed by atoms with Crippen molar-refractivity contribution in [2.45, 2.75) is 156 Å². The fourth-order valence-electron chi connectivity index (χ4n) is 3.78. The molecule has 0 radical (unpaired) electrons. The summed E-state index contributed by atoms with van der Waals surface area (Å²) in [4.78, 5) is 0. The molecule has 0 heteroatoms. The van der Waals surface area contributed by atoms with Gasteiger partial charge in [-0.3, -0.25) is 0 Å². The first kappa shape index (κ1) is 25.0. The van der Waals surface area contributed by atoms with Gasteiger partial charge in [-0.25, -0.2) is 0 Å². The molecule has 0 saturated heterocycles. The first-order valence-electron chi connectivity index (χ1n) is 12.3. The van der Waals surface area contributed by atoms with Crippen molar-refractivity contribution in [2.75, 3.05) is 0 Å². The van der Waals surface area contributed by atoms with Crippen LogP contribution in [0, 0.1) is 5.92 Å². The van der Waals surface area contributed by atoms with Crippen molar-refractivity contribution < 1.29 is 0 Å². The molecule has 0 rings (SSSR count). The number of unbranched alkanes of at least 4 members (excludes halogenated alkanes) is 18. The minimum Gasteiger partial charge on any atom is -0.0654 e. The van der Waals surface area contributed by atoms with Crippen molar-refractivity contribution in [1.29, 1.82) is 0 Å². The lowest BCUT2D eigenvalue weighted by Gasteiger charge is -2.07. The quantitative estimate of drug-likeness (QED) is 0.180. The van der Waals surface area contributed by atoms with Gasteiger partial charge in [0, 0.05) is 0 Å². The summed E-state index contributed by atoms with van der Waals surface area (Å²) < 4.78 is 0. The second-order valence-corrected chi connectivity index (χ2v) is 8.67. The fourth-order valence-corrected chi connectivity index (χ4v) is 3.78. The van der Waals surface area contributed by atoms with E-state index in [1.54, 1.807) is 0 Å². The van der Waals surface area contributed by atoms with Crippen LogP contribution in [0.3, 0.4) is 0 Å². The largest absolute Gasteiger partial charge is 0.0654 e. The molecule has 0 aliphatic heterocycles. The average molecular weight is 353 g/mol. The van der Waals surface area contributed by atoms with E-state index in [9.17, 15) is 0 Å². The molecule has 0 aliphatic carbocycles. The van der Waals surface area contributed by atoms with Crippen LogP contribution in [-0.4, -0.2) is 0 Å². The molecule has 0 spiro atoms. The molecule has 0 heterocycles. The molecule has 1 atom stereocenters. The van der Waals surface area contributed by atoms with Crippen molar-refractivity contribution in [3.8, 4) is 0 Å². The Morgan fingerprint density at radius 1 is 0.400 bits per heavy atom. The van der Waals surface area contributed by atoms with Crippen LogP contribution in [0.5, 0.6) is 0 Å². The second-order valence-electron chi connectivity index (χ2n) is 8.67. The molecule has 0 fully saturated rings. The highest BCUT2D eigenvalue weighted by Crippen LogP contribution is 2.16. The van der Waals surface area contributed by atoms with E-state index in [2.05, 4.69) is 20.8 Å². The Balaban J connectivity index is 2.98. The van der Waals surface area contributed by atoms with Crippen LogP contribution in [0.15, 0.2) is 0 Å². The van der Waals surface area contributed by atoms with Crippen LogP contribution in [-0.2, 0) is 0 Å². The summed E-state index contributed by atoms with van der Waals surface area (Å²) >= 11 is 0. The van der Waals surface area contributed by atoms with Crippen LogP contribution < -0.4 is 0 Å². The Kier molecular flexibility index (Phi) is 22.0. The molecule has 1 unspecified atom stereocenters. The molecular formula is C25H52. The topological polar surface area (TPSA) is 0 Å². The van der Waals surface area contributed by atoms with Gasteiger partial charge in [0.1, 0.15) is 0 Å². The van der Waals surface area contributed by atoms with Crippen LogP contribution in [0.1, 0.15) is 156 Å². The second kappa shape index (κ2) is 22.0. The Morgan fingerprint density at radius 2 is 0.680 bits per heavy atom. The molecule has 0 N–H and O–H groups in total. The molecule has 0 aromatic rings. The van der Waals surface area contributed by atoms with E-state index in [0.717, 1.165) is 5.92 Å². The highest BCUT2D eigenvalue weighted by Gasteiger charge is 1.98. The minimum absolute atomic E-state index is 0.950. The summed E-state index contributed by atoms with van der Waals surface area (Å²) in [5.41, 5.74) is 0. The molecule has 152 valence electrons. The molecule has 0 aromatic carbocycles. The molecule has 0 amide bonds. The van der Waals surface area contributed by atoms with Gasteiger partial charge in [0.2, 0.25) is 0 Å². The third-order valence-electron chi connectivity index (χ3n) is 6.00. The maximum absolute atomic E-state index is 2.40. The van der Waals surface area contributed by atoms with Crippen molar-refractivity contribution in [3.05, 3.63) is 0 Å². The van der Waals surface area contributed by atoms with E-state index in [1.165, 1.54) is 135 Å². The first-order chi connectivity index (χ1) is 12.3. The van der Waals surface area contributed by atoms with Crippen molar-refractivity contribution in [1.82, 2.24) is 0 Å². The molecule has 25 heavy (non-hydrogen) atoms. The lowest BCUT2D eigenvalue weighted by Crippen LogP contribution is -1.91. The monoisotopic (exact) mass is 352 g/mol. The Morgan fingerprint density at radius 3 is 0.960 bits per heavy atom. The smallest absolute Gasteiger partial charge is 0.0445 e. The zero-order chi connectivity index (χ0) is 18.4. The lowest BCUT2D eigenvalue weighted by molar-refractivity contribution is 0.468. The van der Waals surface area contributed by atoms with Gasteiger partial charge in [0.25, 0.3) is 0 Å². The van der Waals surface area contributed by atoms with Crippen LogP contribution in [0.2, 0.25) is 0 Å². The zero-order valence-corrected chi connectivity index (χ0v) is 18.4. The van der Waals surface area contributed by atoms with Crippen LogP contribution >= 0.6 is 0 Å². The molecular weight excluding hydrogens is 300 g/mol. The fraction of sp³-hybridized carbons (Fsp3) is 1.00. The molecule has 0 aromatic heterocycles. The standard InChI is InChI=1S/C25H52/c1-4-6-7-8-9-10-11-12-13-14-15-16-17-18-19-20-21-22-23-24-25(3)5-2/h25H,4-24H2,1-3H3. The third-order valence-corrected chi connectivity index (χ3v) is 6.00. The number of rotatable bonds is 21. The molecule has 0 bridgehead atoms. The van der Waals surface area contributed by atoms with E-state index in [0.29, 0.717) is 0 Å². The van der Waals surface area contributed by atoms with Crippen molar-refractivity contribution in [2.24, 2.45) is 5.92 Å². The lowest BCUT2D eigenvalue weighted by atomic mass is 9.99. The van der Waals surface area contributed by atoms with Gasteiger partial charge >= 0.3 is 0 Å². The maximum atomic E-state index is 2.40. The summed E-state index contributed by atoms with van der Waals surface area (Å²) in [5.74, 6) is 0.950. The van der Waals surface area contributed by atoms with Gasteiger partial charge < -0.3 is 0 Å². The van der Waals surface area contributed by atoms with Gasteiger partial charge in [-0.15, -0.1) is 0 Å². The Hall–Kier alpha value is 0. The normalized spacial score (nSPS) is 12.6. The summed E-state index contributed by atoms with van der Waals surface area (Å²) in [7, 11) is 0. The van der Waals surface area contributed by atoms with Crippen LogP contribution in [0.4, 0.5) is 0 Å².